The van der Waals surface area contributed by atoms with E-state index in [-0.39, 0.29) is 0 Å². The topological polar surface area (TPSA) is 89.2 Å². The molecule has 0 radical (unpaired) electrons. The van der Waals surface area contributed by atoms with Gasteiger partial charge < -0.3 is 24.2 Å². The summed E-state index contributed by atoms with van der Waals surface area (Å²) in [6, 6.07) is 11.4. The first kappa shape index (κ1) is 23.5. The Morgan fingerprint density at radius 2 is 1.91 bits per heavy atom. The van der Waals surface area contributed by atoms with E-state index >= 15 is 0 Å². The van der Waals surface area contributed by atoms with E-state index in [1.165, 1.54) is 6.08 Å². The average molecular weight is 462 g/mol. The van der Waals surface area contributed by atoms with Gasteiger partial charge in [0.1, 0.15) is 29.0 Å². The van der Waals surface area contributed by atoms with E-state index in [4.69, 9.17) is 14.7 Å². The molecule has 34 heavy (non-hydrogen) atoms. The van der Waals surface area contributed by atoms with Crippen molar-refractivity contribution in [3.05, 3.63) is 47.1 Å². The first-order valence-electron chi connectivity index (χ1n) is 11.6. The molecule has 3 heterocycles. The zero-order valence-electron chi connectivity index (χ0n) is 19.8. The van der Waals surface area contributed by atoms with Crippen LogP contribution in [0.4, 0.5) is 0 Å². The molecular formula is C25H31N7O2. The van der Waals surface area contributed by atoms with Crippen molar-refractivity contribution in [1.29, 1.82) is 5.26 Å². The van der Waals surface area contributed by atoms with Crippen molar-refractivity contribution in [3.8, 4) is 23.3 Å². The number of benzene rings is 1. The monoisotopic (exact) mass is 461 g/mol. The normalized spacial score (nSPS) is 18.6. The van der Waals surface area contributed by atoms with Crippen LogP contribution in [0.15, 0.2) is 41.6 Å². The lowest BCUT2D eigenvalue weighted by Gasteiger charge is -2.32. The van der Waals surface area contributed by atoms with Crippen molar-refractivity contribution < 1.29 is 9.47 Å². The molecule has 1 N–H and O–H groups in total. The Bertz CT molecular complexity index is 1150. The molecular weight excluding hydrogens is 430 g/mol. The number of nitrogens with zero attached hydrogens (tertiary/aromatic N) is 6. The number of hydrazone groups is 1. The SMILES string of the molecule is CCN1C=NN/C1=c1\cn/c(=C\C#N)c(Oc2ccc(OCCCN3CCN(C)CC3)cc2)c1. The van der Waals surface area contributed by atoms with Gasteiger partial charge in [-0.2, -0.15) is 10.4 Å². The molecule has 0 unspecified atom stereocenters. The van der Waals surface area contributed by atoms with E-state index in [0.29, 0.717) is 23.5 Å². The molecule has 1 saturated heterocycles. The van der Waals surface area contributed by atoms with Crippen molar-refractivity contribution >= 4 is 18.2 Å². The number of hydrogen-bond acceptors (Lipinski definition) is 9. The van der Waals surface area contributed by atoms with Crippen LogP contribution >= 0.6 is 0 Å². The van der Waals surface area contributed by atoms with Gasteiger partial charge in [0.25, 0.3) is 0 Å². The van der Waals surface area contributed by atoms with Gasteiger partial charge in [0.2, 0.25) is 0 Å². The fourth-order valence-electron chi connectivity index (χ4n) is 3.87. The molecule has 4 rings (SSSR count). The predicted molar refractivity (Wildman–Crippen MR) is 132 cm³/mol. The highest BCUT2D eigenvalue weighted by Crippen LogP contribution is 2.21. The van der Waals surface area contributed by atoms with Crippen LogP contribution in [0.1, 0.15) is 13.3 Å². The van der Waals surface area contributed by atoms with Crippen LogP contribution in [0.25, 0.3) is 11.9 Å². The van der Waals surface area contributed by atoms with Gasteiger partial charge in [0.05, 0.1) is 12.7 Å². The van der Waals surface area contributed by atoms with Gasteiger partial charge in [0, 0.05) is 56.8 Å². The minimum atomic E-state index is 0.470. The van der Waals surface area contributed by atoms with Crippen molar-refractivity contribution in [2.75, 3.05) is 52.9 Å². The van der Waals surface area contributed by atoms with Gasteiger partial charge >= 0.3 is 0 Å². The summed E-state index contributed by atoms with van der Waals surface area (Å²) < 4.78 is 12.0. The lowest BCUT2D eigenvalue weighted by Crippen LogP contribution is -2.44. The predicted octanol–water partition coefficient (Wildman–Crippen LogP) is 1.13. The molecule has 2 aliphatic rings. The zero-order valence-corrected chi connectivity index (χ0v) is 19.8. The largest absolute Gasteiger partial charge is 0.494 e. The number of piperazine rings is 1. The molecule has 0 saturated carbocycles. The standard InChI is InChI=1S/C25H31N7O2/c1-3-32-19-28-29-25(32)20-17-24(23(9-10-26)27-18-20)34-22-7-5-21(6-8-22)33-16-4-11-31-14-12-30(2)13-15-31/h5-9,17-19,29H,3-4,11-16H2,1-2H3/b23-9-,25-20+. The number of ether oxygens (including phenoxy) is 2. The summed E-state index contributed by atoms with van der Waals surface area (Å²) >= 11 is 0. The van der Waals surface area contributed by atoms with Crippen molar-refractivity contribution in [2.45, 2.75) is 13.3 Å². The summed E-state index contributed by atoms with van der Waals surface area (Å²) in [6.07, 6.45) is 5.81. The average Bonchev–Trinajstić information content (AvgIpc) is 3.34. The Morgan fingerprint density at radius 3 is 2.65 bits per heavy atom. The smallest absolute Gasteiger partial charge is 0.154 e. The van der Waals surface area contributed by atoms with Crippen molar-refractivity contribution in [2.24, 2.45) is 5.10 Å². The molecule has 1 fully saturated rings. The number of aromatic nitrogens is 1. The maximum absolute atomic E-state index is 9.14. The van der Waals surface area contributed by atoms with E-state index in [1.54, 1.807) is 12.5 Å². The van der Waals surface area contributed by atoms with Crippen LogP contribution in [0.2, 0.25) is 0 Å². The molecule has 1 aromatic carbocycles. The van der Waals surface area contributed by atoms with Gasteiger partial charge in [-0.05, 0) is 50.7 Å². The van der Waals surface area contributed by atoms with Gasteiger partial charge in [-0.1, -0.05) is 0 Å². The quantitative estimate of drug-likeness (QED) is 0.586. The number of likely N-dealkylation sites (N-methyl/N-ethyl adjacent to an activating group) is 1. The van der Waals surface area contributed by atoms with Crippen LogP contribution in [-0.4, -0.2) is 78.9 Å². The molecule has 0 bridgehead atoms. The molecule has 1 aromatic heterocycles. The molecule has 0 aliphatic carbocycles. The lowest BCUT2D eigenvalue weighted by atomic mass is 10.3. The molecule has 9 heteroatoms. The van der Waals surface area contributed by atoms with E-state index in [0.717, 1.165) is 62.5 Å². The Labute approximate surface area is 200 Å². The number of hydrogen-bond donors (Lipinski definition) is 1. The van der Waals surface area contributed by atoms with Crippen molar-refractivity contribution in [3.63, 3.8) is 0 Å². The maximum atomic E-state index is 9.14. The second kappa shape index (κ2) is 11.5. The Balaban J connectivity index is 1.38. The van der Waals surface area contributed by atoms with E-state index in [1.807, 2.05) is 48.2 Å². The van der Waals surface area contributed by atoms with E-state index < -0.39 is 0 Å². The summed E-state index contributed by atoms with van der Waals surface area (Å²) in [5.41, 5.74) is 2.99. The molecule has 9 nitrogen and oxygen atoms in total. The summed E-state index contributed by atoms with van der Waals surface area (Å²) in [5.74, 6) is 2.77. The maximum Gasteiger partial charge on any atom is 0.154 e. The highest BCUT2D eigenvalue weighted by Gasteiger charge is 2.14. The number of rotatable bonds is 8. The number of pyridine rings is 1. The number of nitriles is 1. The Kier molecular flexibility index (Phi) is 7.96. The van der Waals surface area contributed by atoms with Crippen LogP contribution in [-0.2, 0) is 0 Å². The molecule has 0 spiro atoms. The van der Waals surface area contributed by atoms with Gasteiger partial charge in [-0.25, -0.2) is 0 Å². The Hall–Kier alpha value is -3.61. The van der Waals surface area contributed by atoms with Gasteiger partial charge in [-0.3, -0.25) is 10.4 Å². The summed E-state index contributed by atoms with van der Waals surface area (Å²) in [6.45, 7) is 9.07. The fourth-order valence-corrected chi connectivity index (χ4v) is 3.87. The third-order valence-corrected chi connectivity index (χ3v) is 5.89. The second-order valence-corrected chi connectivity index (χ2v) is 8.29. The van der Waals surface area contributed by atoms with Crippen molar-refractivity contribution in [1.82, 2.24) is 25.1 Å². The summed E-state index contributed by atoms with van der Waals surface area (Å²) in [7, 11) is 2.17. The molecule has 2 aliphatic heterocycles. The molecule has 0 amide bonds. The minimum absolute atomic E-state index is 0.470. The van der Waals surface area contributed by atoms with Crippen LogP contribution in [0, 0.1) is 11.3 Å². The molecule has 178 valence electrons. The molecule has 2 aromatic rings. The fraction of sp³-hybridized carbons (Fsp3) is 0.400. The van der Waals surface area contributed by atoms with E-state index in [9.17, 15) is 0 Å². The Morgan fingerprint density at radius 1 is 1.15 bits per heavy atom. The van der Waals surface area contributed by atoms with Crippen LogP contribution in [0.5, 0.6) is 17.2 Å². The second-order valence-electron chi connectivity index (χ2n) is 8.29. The van der Waals surface area contributed by atoms with Gasteiger partial charge in [-0.15, -0.1) is 0 Å². The number of nitrogens with one attached hydrogen (secondary N) is 1. The third-order valence-electron chi connectivity index (χ3n) is 5.89. The summed E-state index contributed by atoms with van der Waals surface area (Å²) in [4.78, 5) is 11.2. The summed E-state index contributed by atoms with van der Waals surface area (Å²) in [5, 5.41) is 14.5. The highest BCUT2D eigenvalue weighted by atomic mass is 16.5. The highest BCUT2D eigenvalue weighted by molar-refractivity contribution is 5.70. The lowest BCUT2D eigenvalue weighted by molar-refractivity contribution is 0.145. The van der Waals surface area contributed by atoms with Crippen LogP contribution in [0.3, 0.4) is 0 Å². The first-order chi connectivity index (χ1) is 16.7. The first-order valence-corrected chi connectivity index (χ1v) is 11.6. The van der Waals surface area contributed by atoms with E-state index in [2.05, 4.69) is 32.4 Å². The third kappa shape index (κ3) is 6.04. The minimum Gasteiger partial charge on any atom is -0.494 e. The van der Waals surface area contributed by atoms with Crippen LogP contribution < -0.4 is 25.5 Å². The zero-order chi connectivity index (χ0) is 23.8. The van der Waals surface area contributed by atoms with Gasteiger partial charge in [0.15, 0.2) is 5.75 Å². The molecule has 0 atom stereocenters.